The Labute approximate surface area is 124 Å². The predicted octanol–water partition coefficient (Wildman–Crippen LogP) is 1.43. The number of benzene rings is 1. The summed E-state index contributed by atoms with van der Waals surface area (Å²) < 4.78 is 35.8. The van der Waals surface area contributed by atoms with Gasteiger partial charge in [0.25, 0.3) is 5.89 Å². The number of ether oxygens (including phenoxy) is 1. The van der Waals surface area contributed by atoms with Gasteiger partial charge in [0.15, 0.2) is 11.6 Å². The molecule has 6 nitrogen and oxygen atoms in total. The Morgan fingerprint density at radius 3 is 2.86 bits per heavy atom. The molecule has 1 aromatic carbocycles. The zero-order chi connectivity index (χ0) is 16.1. The molecular weight excluding hydrogens is 298 g/mol. The molecule has 0 aliphatic carbocycles. The van der Waals surface area contributed by atoms with E-state index in [2.05, 4.69) is 10.3 Å². The fraction of sp³-hybridized carbons (Fsp3) is 0.286. The van der Waals surface area contributed by atoms with Gasteiger partial charge in [-0.05, 0) is 19.1 Å². The van der Waals surface area contributed by atoms with Crippen molar-refractivity contribution in [3.05, 3.63) is 47.7 Å². The normalized spacial score (nSPS) is 12.0. The van der Waals surface area contributed by atoms with Gasteiger partial charge in [-0.15, -0.1) is 0 Å². The lowest BCUT2D eigenvalue weighted by atomic mass is 10.3. The zero-order valence-corrected chi connectivity index (χ0v) is 11.7. The summed E-state index contributed by atoms with van der Waals surface area (Å²) in [5.41, 5.74) is 0. The highest BCUT2D eigenvalue weighted by atomic mass is 19.2. The molecule has 22 heavy (non-hydrogen) atoms. The molecule has 1 unspecified atom stereocenters. The summed E-state index contributed by atoms with van der Waals surface area (Å²) in [7, 11) is 0. The SMILES string of the molecule is Cc1cnc(C(=O)NCC(O)COc2ccc(F)c(F)c2)o1. The molecule has 1 heterocycles. The molecule has 0 saturated carbocycles. The number of halogens is 2. The maximum atomic E-state index is 13.0. The minimum absolute atomic E-state index is 0.0765. The highest BCUT2D eigenvalue weighted by molar-refractivity contribution is 5.89. The van der Waals surface area contributed by atoms with E-state index in [0.717, 1.165) is 12.1 Å². The highest BCUT2D eigenvalue weighted by Crippen LogP contribution is 2.15. The standard InChI is InChI=1S/C14H14F2N2O4/c1-8-5-18-14(22-8)13(20)17-6-9(19)7-21-10-2-3-11(15)12(16)4-10/h2-5,9,19H,6-7H2,1H3,(H,17,20). The smallest absolute Gasteiger partial charge is 0.307 e. The van der Waals surface area contributed by atoms with Gasteiger partial charge in [-0.2, -0.15) is 0 Å². The third-order valence-corrected chi connectivity index (χ3v) is 2.65. The van der Waals surface area contributed by atoms with Crippen molar-refractivity contribution in [2.75, 3.05) is 13.2 Å². The summed E-state index contributed by atoms with van der Waals surface area (Å²) >= 11 is 0. The number of carbonyl (C=O) groups is 1. The molecule has 1 aromatic heterocycles. The number of aromatic nitrogens is 1. The number of carbonyl (C=O) groups excluding carboxylic acids is 1. The Morgan fingerprint density at radius 1 is 1.45 bits per heavy atom. The van der Waals surface area contributed by atoms with Gasteiger partial charge in [0, 0.05) is 12.6 Å². The summed E-state index contributed by atoms with van der Waals surface area (Å²) in [5.74, 6) is -2.13. The number of aliphatic hydroxyl groups excluding tert-OH is 1. The first-order valence-corrected chi connectivity index (χ1v) is 6.42. The van der Waals surface area contributed by atoms with Gasteiger partial charge >= 0.3 is 5.91 Å². The van der Waals surface area contributed by atoms with Crippen molar-refractivity contribution in [2.45, 2.75) is 13.0 Å². The van der Waals surface area contributed by atoms with Crippen molar-refractivity contribution < 1.29 is 27.8 Å². The van der Waals surface area contributed by atoms with Crippen LogP contribution >= 0.6 is 0 Å². The Kier molecular flexibility index (Phi) is 5.05. The van der Waals surface area contributed by atoms with Crippen molar-refractivity contribution >= 4 is 5.91 Å². The van der Waals surface area contributed by atoms with Gasteiger partial charge in [-0.1, -0.05) is 0 Å². The number of hydrogen-bond donors (Lipinski definition) is 2. The number of amides is 1. The van der Waals surface area contributed by atoms with Crippen LogP contribution in [0.1, 0.15) is 16.4 Å². The second-order valence-corrected chi connectivity index (χ2v) is 4.53. The number of oxazole rings is 1. The summed E-state index contributed by atoms with van der Waals surface area (Å²) in [6.07, 6.45) is 0.366. The topological polar surface area (TPSA) is 84.6 Å². The Balaban J connectivity index is 1.77. The zero-order valence-electron chi connectivity index (χ0n) is 11.7. The van der Waals surface area contributed by atoms with Gasteiger partial charge in [-0.3, -0.25) is 4.79 Å². The van der Waals surface area contributed by atoms with Crippen molar-refractivity contribution in [3.63, 3.8) is 0 Å². The third kappa shape index (κ3) is 4.26. The van der Waals surface area contributed by atoms with E-state index >= 15 is 0 Å². The molecule has 8 heteroatoms. The molecule has 1 amide bonds. The van der Waals surface area contributed by atoms with E-state index in [4.69, 9.17) is 9.15 Å². The largest absolute Gasteiger partial charge is 0.491 e. The molecular formula is C14H14F2N2O4. The second-order valence-electron chi connectivity index (χ2n) is 4.53. The average Bonchev–Trinajstić information content (AvgIpc) is 2.92. The first kappa shape index (κ1) is 15.9. The number of nitrogens with one attached hydrogen (secondary N) is 1. The molecule has 0 saturated heterocycles. The molecule has 1 atom stereocenters. The van der Waals surface area contributed by atoms with E-state index in [9.17, 15) is 18.7 Å². The van der Waals surface area contributed by atoms with E-state index in [1.165, 1.54) is 12.3 Å². The van der Waals surface area contributed by atoms with E-state index in [-0.39, 0.29) is 24.8 Å². The molecule has 0 radical (unpaired) electrons. The predicted molar refractivity (Wildman–Crippen MR) is 71.4 cm³/mol. The maximum Gasteiger partial charge on any atom is 0.307 e. The van der Waals surface area contributed by atoms with Crippen LogP contribution in [-0.2, 0) is 0 Å². The van der Waals surface area contributed by atoms with Crippen LogP contribution in [0.2, 0.25) is 0 Å². The molecule has 0 aliphatic rings. The fourth-order valence-electron chi connectivity index (χ4n) is 1.56. The van der Waals surface area contributed by atoms with E-state index in [0.29, 0.717) is 5.76 Å². The van der Waals surface area contributed by atoms with E-state index in [1.807, 2.05) is 0 Å². The Morgan fingerprint density at radius 2 is 2.23 bits per heavy atom. The quantitative estimate of drug-likeness (QED) is 0.843. The van der Waals surface area contributed by atoms with Gasteiger partial charge < -0.3 is 19.6 Å². The van der Waals surface area contributed by atoms with Gasteiger partial charge in [0.2, 0.25) is 0 Å². The average molecular weight is 312 g/mol. The molecule has 0 bridgehead atoms. The van der Waals surface area contributed by atoms with Crippen LogP contribution in [0.4, 0.5) is 8.78 Å². The number of nitrogens with zero attached hydrogens (tertiary/aromatic N) is 1. The van der Waals surface area contributed by atoms with Crippen LogP contribution < -0.4 is 10.1 Å². The molecule has 0 aliphatic heterocycles. The molecule has 0 spiro atoms. The van der Waals surface area contributed by atoms with Crippen LogP contribution in [0.25, 0.3) is 0 Å². The minimum atomic E-state index is -1.04. The van der Waals surface area contributed by atoms with Gasteiger partial charge in [0.1, 0.15) is 24.2 Å². The van der Waals surface area contributed by atoms with Crippen LogP contribution in [0, 0.1) is 18.6 Å². The van der Waals surface area contributed by atoms with Crippen LogP contribution in [0.15, 0.2) is 28.8 Å². The van der Waals surface area contributed by atoms with Crippen molar-refractivity contribution in [1.29, 1.82) is 0 Å². The molecule has 0 fully saturated rings. The summed E-state index contributed by atoms with van der Waals surface area (Å²) in [5, 5.41) is 12.1. The number of hydrogen-bond acceptors (Lipinski definition) is 5. The van der Waals surface area contributed by atoms with Crippen LogP contribution in [-0.4, -0.2) is 35.3 Å². The molecule has 2 rings (SSSR count). The lowest BCUT2D eigenvalue weighted by Gasteiger charge is -2.12. The fourth-order valence-corrected chi connectivity index (χ4v) is 1.56. The monoisotopic (exact) mass is 312 g/mol. The van der Waals surface area contributed by atoms with E-state index in [1.54, 1.807) is 6.92 Å². The summed E-state index contributed by atoms with van der Waals surface area (Å²) in [4.78, 5) is 15.3. The summed E-state index contributed by atoms with van der Waals surface area (Å²) in [6, 6.07) is 3.03. The Bertz CT molecular complexity index is 660. The molecule has 2 N–H and O–H groups in total. The lowest BCUT2D eigenvalue weighted by molar-refractivity contribution is 0.0815. The number of aliphatic hydroxyl groups is 1. The molecule has 2 aromatic rings. The lowest BCUT2D eigenvalue weighted by Crippen LogP contribution is -2.35. The van der Waals surface area contributed by atoms with Crippen LogP contribution in [0.3, 0.4) is 0 Å². The van der Waals surface area contributed by atoms with Crippen LogP contribution in [0.5, 0.6) is 5.75 Å². The first-order valence-electron chi connectivity index (χ1n) is 6.42. The maximum absolute atomic E-state index is 13.0. The molecule has 118 valence electrons. The van der Waals surface area contributed by atoms with Crippen molar-refractivity contribution in [3.8, 4) is 5.75 Å². The number of rotatable bonds is 6. The second kappa shape index (κ2) is 6.99. The van der Waals surface area contributed by atoms with Crippen molar-refractivity contribution in [1.82, 2.24) is 10.3 Å². The van der Waals surface area contributed by atoms with Gasteiger partial charge in [-0.25, -0.2) is 13.8 Å². The van der Waals surface area contributed by atoms with E-state index < -0.39 is 23.6 Å². The Hall–Kier alpha value is -2.48. The third-order valence-electron chi connectivity index (χ3n) is 2.65. The van der Waals surface area contributed by atoms with Gasteiger partial charge in [0.05, 0.1) is 6.20 Å². The highest BCUT2D eigenvalue weighted by Gasteiger charge is 2.14. The minimum Gasteiger partial charge on any atom is -0.491 e. The number of aryl methyl sites for hydroxylation is 1. The summed E-state index contributed by atoms with van der Waals surface area (Å²) in [6.45, 7) is 1.34. The first-order chi connectivity index (χ1) is 10.5. The van der Waals surface area contributed by atoms with Crippen molar-refractivity contribution in [2.24, 2.45) is 0 Å².